The summed E-state index contributed by atoms with van der Waals surface area (Å²) in [5.74, 6) is -0.236. The number of hydrogen-bond donors (Lipinski definition) is 0. The van der Waals surface area contributed by atoms with Crippen molar-refractivity contribution in [3.63, 3.8) is 0 Å². The maximum absolute atomic E-state index is 12.8. The van der Waals surface area contributed by atoms with E-state index in [1.165, 1.54) is 13.3 Å². The average molecular weight is 404 g/mol. The molecule has 0 spiro atoms. The van der Waals surface area contributed by atoms with Gasteiger partial charge in [-0.25, -0.2) is 4.79 Å². The number of amides is 2. The van der Waals surface area contributed by atoms with Crippen LogP contribution in [-0.2, 0) is 14.3 Å². The van der Waals surface area contributed by atoms with Crippen molar-refractivity contribution in [2.45, 2.75) is 12.8 Å². The fourth-order valence-electron chi connectivity index (χ4n) is 4.78. The first-order valence-corrected chi connectivity index (χ1v) is 9.95. The Morgan fingerprint density at radius 3 is 2.43 bits per heavy atom. The Labute approximate surface area is 173 Å². The number of nitrogens with zero attached hydrogens (tertiary/aromatic N) is 2. The summed E-state index contributed by atoms with van der Waals surface area (Å²) in [4.78, 5) is 37.3. The van der Waals surface area contributed by atoms with Crippen molar-refractivity contribution in [2.24, 2.45) is 28.8 Å². The van der Waals surface area contributed by atoms with Crippen molar-refractivity contribution < 1.29 is 23.5 Å². The summed E-state index contributed by atoms with van der Waals surface area (Å²) >= 11 is 0. The number of hydrogen-bond acceptors (Lipinski definition) is 6. The minimum absolute atomic E-state index is 0.133. The summed E-state index contributed by atoms with van der Waals surface area (Å²) in [6, 6.07) is 10.3. The molecule has 7 heteroatoms. The van der Waals surface area contributed by atoms with E-state index in [-0.39, 0.29) is 35.5 Å². The number of furan rings is 1. The highest BCUT2D eigenvalue weighted by Crippen LogP contribution is 2.49. The molecule has 0 N–H and O–H groups in total. The lowest BCUT2D eigenvalue weighted by Crippen LogP contribution is -2.38. The Morgan fingerprint density at radius 1 is 1.10 bits per heavy atom. The van der Waals surface area contributed by atoms with Crippen LogP contribution in [0.2, 0.25) is 0 Å². The third kappa shape index (κ3) is 2.89. The molecule has 2 bridgehead atoms. The van der Waals surface area contributed by atoms with Gasteiger partial charge < -0.3 is 9.15 Å². The van der Waals surface area contributed by atoms with E-state index in [9.17, 15) is 14.4 Å². The maximum atomic E-state index is 12.8. The van der Waals surface area contributed by atoms with E-state index in [0.717, 1.165) is 17.9 Å². The number of allylic oxidation sites excluding steroid dienone is 2. The van der Waals surface area contributed by atoms with E-state index in [1.807, 2.05) is 6.07 Å². The van der Waals surface area contributed by atoms with Gasteiger partial charge in [-0.05, 0) is 48.9 Å². The topological polar surface area (TPSA) is 89.2 Å². The smallest absolute Gasteiger partial charge is 0.337 e. The van der Waals surface area contributed by atoms with Crippen molar-refractivity contribution in [3.8, 4) is 11.3 Å². The number of fused-ring (bicyclic) bond motifs is 1. The third-order valence-electron chi connectivity index (χ3n) is 6.23. The summed E-state index contributed by atoms with van der Waals surface area (Å²) in [7, 11) is 1.33. The van der Waals surface area contributed by atoms with Crippen molar-refractivity contribution in [1.29, 1.82) is 0 Å². The minimum Gasteiger partial charge on any atom is -0.465 e. The molecule has 152 valence electrons. The second-order valence-electron chi connectivity index (χ2n) is 7.85. The third-order valence-corrected chi connectivity index (χ3v) is 6.23. The molecule has 3 aliphatic carbocycles. The fourth-order valence-corrected chi connectivity index (χ4v) is 4.78. The number of benzene rings is 1. The molecular weight excluding hydrogens is 384 g/mol. The van der Waals surface area contributed by atoms with Gasteiger partial charge in [0.05, 0.1) is 30.7 Å². The molecule has 2 aromatic rings. The number of methoxy groups -OCH3 is 1. The molecule has 6 rings (SSSR count). The van der Waals surface area contributed by atoms with Crippen LogP contribution in [-0.4, -0.2) is 36.1 Å². The number of ether oxygens (including phenoxy) is 1. The van der Waals surface area contributed by atoms with Crippen LogP contribution >= 0.6 is 0 Å². The van der Waals surface area contributed by atoms with Crippen LogP contribution < -0.4 is 0 Å². The Kier molecular flexibility index (Phi) is 4.38. The number of carbonyl (C=O) groups is 3. The Balaban J connectivity index is 1.35. The van der Waals surface area contributed by atoms with E-state index < -0.39 is 5.97 Å². The first kappa shape index (κ1) is 18.5. The molecule has 4 aliphatic rings. The van der Waals surface area contributed by atoms with Gasteiger partial charge in [-0.1, -0.05) is 24.3 Å². The lowest BCUT2D eigenvalue weighted by molar-refractivity contribution is -0.140. The van der Waals surface area contributed by atoms with Crippen LogP contribution in [0.15, 0.2) is 58.1 Å². The fraction of sp³-hybridized carbons (Fsp3) is 0.304. The molecule has 4 atom stereocenters. The average Bonchev–Trinajstić information content (AvgIpc) is 3.37. The summed E-state index contributed by atoms with van der Waals surface area (Å²) in [6.45, 7) is 0. The van der Waals surface area contributed by atoms with Gasteiger partial charge in [0.25, 0.3) is 11.8 Å². The van der Waals surface area contributed by atoms with Gasteiger partial charge in [0, 0.05) is 5.56 Å². The van der Waals surface area contributed by atoms with Crippen LogP contribution in [0.25, 0.3) is 11.3 Å². The SMILES string of the molecule is COC(=O)c1cccc(-c2ccc(/C=N\N3C(=O)[C@H]4[C@H](C3=O)[C@H]3C=C[C@H]4CC3)o2)c1. The molecule has 1 aromatic heterocycles. The Hall–Kier alpha value is -3.48. The standard InChI is InChI=1S/C23H20N2O5/c1-29-23(28)16-4-2-3-15(11-16)18-10-9-17(30-18)12-24-25-21(26)19-13-5-6-14(8-7-13)20(19)22(25)27/h2-6,9-14,19-20H,7-8H2,1H3/b24-12-/t13-,14-,19+,20+/m0/s1. The van der Waals surface area contributed by atoms with E-state index >= 15 is 0 Å². The maximum Gasteiger partial charge on any atom is 0.337 e. The van der Waals surface area contributed by atoms with Gasteiger partial charge in [-0.3, -0.25) is 9.59 Å². The van der Waals surface area contributed by atoms with Crippen LogP contribution in [0.1, 0.15) is 29.0 Å². The van der Waals surface area contributed by atoms with Crippen molar-refractivity contribution in [2.75, 3.05) is 7.11 Å². The lowest BCUT2D eigenvalue weighted by atomic mass is 9.63. The first-order valence-electron chi connectivity index (χ1n) is 9.95. The second kappa shape index (κ2) is 7.09. The molecule has 30 heavy (non-hydrogen) atoms. The molecule has 0 unspecified atom stereocenters. The molecule has 2 heterocycles. The number of imide groups is 1. The summed E-state index contributed by atoms with van der Waals surface area (Å²) in [5, 5.41) is 5.16. The van der Waals surface area contributed by atoms with Crippen LogP contribution in [0.3, 0.4) is 0 Å². The zero-order valence-corrected chi connectivity index (χ0v) is 16.4. The van der Waals surface area contributed by atoms with Gasteiger partial charge in [-0.15, -0.1) is 0 Å². The van der Waals surface area contributed by atoms with Crippen molar-refractivity contribution >= 4 is 24.0 Å². The molecule has 1 saturated carbocycles. The lowest BCUT2D eigenvalue weighted by Gasteiger charge is -2.37. The zero-order chi connectivity index (χ0) is 20.8. The quantitative estimate of drug-likeness (QED) is 0.338. The number of hydrazone groups is 1. The van der Waals surface area contributed by atoms with Crippen LogP contribution in [0.5, 0.6) is 0 Å². The molecule has 2 fully saturated rings. The Morgan fingerprint density at radius 2 is 1.80 bits per heavy atom. The van der Waals surface area contributed by atoms with E-state index in [4.69, 9.17) is 9.15 Å². The van der Waals surface area contributed by atoms with Gasteiger partial charge >= 0.3 is 5.97 Å². The molecule has 1 saturated heterocycles. The molecular formula is C23H20N2O5. The second-order valence-corrected chi connectivity index (χ2v) is 7.85. The first-order chi connectivity index (χ1) is 14.6. The van der Waals surface area contributed by atoms with Gasteiger partial charge in [-0.2, -0.15) is 10.1 Å². The van der Waals surface area contributed by atoms with E-state index in [2.05, 4.69) is 17.3 Å². The zero-order valence-electron chi connectivity index (χ0n) is 16.4. The highest BCUT2D eigenvalue weighted by Gasteiger charge is 2.56. The predicted molar refractivity (Wildman–Crippen MR) is 107 cm³/mol. The predicted octanol–water partition coefficient (Wildman–Crippen LogP) is 3.26. The van der Waals surface area contributed by atoms with E-state index in [0.29, 0.717) is 22.6 Å². The molecule has 1 aromatic carbocycles. The van der Waals surface area contributed by atoms with Crippen molar-refractivity contribution in [3.05, 3.63) is 59.9 Å². The highest BCUT2D eigenvalue weighted by atomic mass is 16.5. The molecule has 0 radical (unpaired) electrons. The number of carbonyl (C=O) groups excluding carboxylic acids is 3. The van der Waals surface area contributed by atoms with Gasteiger partial charge in [0.15, 0.2) is 0 Å². The van der Waals surface area contributed by atoms with Crippen LogP contribution in [0, 0.1) is 23.7 Å². The summed E-state index contributed by atoms with van der Waals surface area (Å²) < 4.78 is 10.5. The van der Waals surface area contributed by atoms with Crippen molar-refractivity contribution in [1.82, 2.24) is 5.01 Å². The monoisotopic (exact) mass is 404 g/mol. The molecule has 2 amide bonds. The normalized spacial score (nSPS) is 27.2. The molecule has 7 nitrogen and oxygen atoms in total. The van der Waals surface area contributed by atoms with E-state index in [1.54, 1.807) is 30.3 Å². The summed E-state index contributed by atoms with van der Waals surface area (Å²) in [5.41, 5.74) is 1.13. The van der Waals surface area contributed by atoms with Gasteiger partial charge in [0.2, 0.25) is 0 Å². The van der Waals surface area contributed by atoms with Gasteiger partial charge in [0.1, 0.15) is 11.5 Å². The number of rotatable bonds is 4. The minimum atomic E-state index is -0.429. The number of esters is 1. The van der Waals surface area contributed by atoms with Crippen LogP contribution in [0.4, 0.5) is 0 Å². The summed E-state index contributed by atoms with van der Waals surface area (Å²) in [6.07, 6.45) is 7.44. The largest absolute Gasteiger partial charge is 0.465 e. The highest BCUT2D eigenvalue weighted by molar-refractivity contribution is 6.06. The molecule has 1 aliphatic heterocycles. The Bertz CT molecular complexity index is 1070.